The molecule has 0 aliphatic heterocycles. The third-order valence-corrected chi connectivity index (χ3v) is 4.91. The van der Waals surface area contributed by atoms with Crippen molar-refractivity contribution in [2.45, 2.75) is 19.4 Å². The Balaban J connectivity index is 1.65. The molecule has 1 N–H and O–H groups in total. The number of carbonyl (C=O) groups is 2. The summed E-state index contributed by atoms with van der Waals surface area (Å²) in [6, 6.07) is 17.3. The van der Waals surface area contributed by atoms with Crippen molar-refractivity contribution in [3.8, 4) is 5.75 Å². The molecule has 0 radical (unpaired) electrons. The molecule has 1 atom stereocenters. The van der Waals surface area contributed by atoms with E-state index in [0.29, 0.717) is 23.1 Å². The van der Waals surface area contributed by atoms with Crippen molar-refractivity contribution in [3.63, 3.8) is 0 Å². The standard InChI is InChI=1S/C25H19F2NO4/c1-2-20(31-18-13-11-17(27)12-14-18)25(30)28-22-19-5-3-4-6-21(19)32-24(22)23(29)15-7-9-16(26)10-8-15/h3-14,20H,2H2,1H3,(H,28,30)/t20-/m1/s1. The van der Waals surface area contributed by atoms with Crippen LogP contribution in [0.5, 0.6) is 5.75 Å². The monoisotopic (exact) mass is 435 g/mol. The number of amides is 1. The Labute approximate surface area is 182 Å². The quantitative estimate of drug-likeness (QED) is 0.376. The molecule has 7 heteroatoms. The highest BCUT2D eigenvalue weighted by molar-refractivity contribution is 6.17. The van der Waals surface area contributed by atoms with Gasteiger partial charge in [0, 0.05) is 10.9 Å². The number of hydrogen-bond acceptors (Lipinski definition) is 4. The van der Waals surface area contributed by atoms with Crippen molar-refractivity contribution in [2.24, 2.45) is 0 Å². The van der Waals surface area contributed by atoms with Crippen LogP contribution in [0.25, 0.3) is 11.0 Å². The predicted molar refractivity (Wildman–Crippen MR) is 116 cm³/mol. The van der Waals surface area contributed by atoms with Crippen molar-refractivity contribution in [3.05, 3.63) is 95.8 Å². The van der Waals surface area contributed by atoms with E-state index < -0.39 is 29.4 Å². The molecule has 4 aromatic rings. The van der Waals surface area contributed by atoms with Gasteiger partial charge in [-0.3, -0.25) is 9.59 Å². The first-order valence-electron chi connectivity index (χ1n) is 10.0. The van der Waals surface area contributed by atoms with Crippen molar-refractivity contribution >= 4 is 28.3 Å². The lowest BCUT2D eigenvalue weighted by Crippen LogP contribution is -2.32. The Bertz CT molecular complexity index is 1260. The summed E-state index contributed by atoms with van der Waals surface area (Å²) in [5.74, 6) is -1.59. The highest BCUT2D eigenvalue weighted by Crippen LogP contribution is 2.33. The maximum absolute atomic E-state index is 13.3. The largest absolute Gasteiger partial charge is 0.481 e. The van der Waals surface area contributed by atoms with Gasteiger partial charge in [0.15, 0.2) is 11.9 Å². The maximum atomic E-state index is 13.3. The molecule has 3 aromatic carbocycles. The molecule has 0 aliphatic carbocycles. The van der Waals surface area contributed by atoms with Gasteiger partial charge in [-0.25, -0.2) is 8.78 Å². The molecule has 0 fully saturated rings. The lowest BCUT2D eigenvalue weighted by molar-refractivity contribution is -0.122. The van der Waals surface area contributed by atoms with Crippen LogP contribution in [0.1, 0.15) is 29.5 Å². The van der Waals surface area contributed by atoms with Crippen molar-refractivity contribution in [2.75, 3.05) is 5.32 Å². The normalized spacial score (nSPS) is 11.8. The Morgan fingerprint density at radius 1 is 0.938 bits per heavy atom. The van der Waals surface area contributed by atoms with Gasteiger partial charge in [-0.05, 0) is 67.1 Å². The van der Waals surface area contributed by atoms with Gasteiger partial charge in [-0.2, -0.15) is 0 Å². The molecule has 0 saturated heterocycles. The Morgan fingerprint density at radius 2 is 1.56 bits per heavy atom. The summed E-state index contributed by atoms with van der Waals surface area (Å²) in [4.78, 5) is 26.1. The summed E-state index contributed by atoms with van der Waals surface area (Å²) in [5, 5.41) is 3.30. The summed E-state index contributed by atoms with van der Waals surface area (Å²) < 4.78 is 37.9. The number of hydrogen-bond donors (Lipinski definition) is 1. The topological polar surface area (TPSA) is 68.5 Å². The molecule has 1 aromatic heterocycles. The van der Waals surface area contributed by atoms with Gasteiger partial charge in [-0.1, -0.05) is 19.1 Å². The average Bonchev–Trinajstić information content (AvgIpc) is 3.17. The van der Waals surface area contributed by atoms with Crippen LogP contribution < -0.4 is 10.1 Å². The van der Waals surface area contributed by atoms with E-state index in [2.05, 4.69) is 5.32 Å². The fourth-order valence-corrected chi connectivity index (χ4v) is 3.27. The molecule has 4 rings (SSSR count). The van der Waals surface area contributed by atoms with Crippen LogP contribution in [0.4, 0.5) is 14.5 Å². The summed E-state index contributed by atoms with van der Waals surface area (Å²) in [5.41, 5.74) is 0.845. The summed E-state index contributed by atoms with van der Waals surface area (Å²) in [7, 11) is 0. The zero-order valence-electron chi connectivity index (χ0n) is 17.1. The summed E-state index contributed by atoms with van der Waals surface area (Å²) >= 11 is 0. The maximum Gasteiger partial charge on any atom is 0.265 e. The third-order valence-electron chi connectivity index (χ3n) is 4.91. The molecule has 1 amide bonds. The SMILES string of the molecule is CC[C@@H](Oc1ccc(F)cc1)C(=O)Nc1c(C(=O)c2ccc(F)cc2)oc2ccccc12. The number of furan rings is 1. The van der Waals surface area contributed by atoms with Crippen LogP contribution in [0, 0.1) is 11.6 Å². The van der Waals surface area contributed by atoms with Crippen LogP contribution >= 0.6 is 0 Å². The number of anilines is 1. The molecule has 5 nitrogen and oxygen atoms in total. The van der Waals surface area contributed by atoms with E-state index in [9.17, 15) is 18.4 Å². The fraction of sp³-hybridized carbons (Fsp3) is 0.120. The lowest BCUT2D eigenvalue weighted by atomic mass is 10.1. The number of nitrogens with one attached hydrogen (secondary N) is 1. The van der Waals surface area contributed by atoms with Crippen LogP contribution in [0.2, 0.25) is 0 Å². The van der Waals surface area contributed by atoms with E-state index in [-0.39, 0.29) is 17.0 Å². The van der Waals surface area contributed by atoms with E-state index in [1.165, 1.54) is 48.5 Å². The minimum absolute atomic E-state index is 0.0669. The zero-order chi connectivity index (χ0) is 22.7. The molecule has 0 bridgehead atoms. The van der Waals surface area contributed by atoms with Crippen molar-refractivity contribution < 1.29 is 27.5 Å². The van der Waals surface area contributed by atoms with Crippen molar-refractivity contribution in [1.29, 1.82) is 0 Å². The fourth-order valence-electron chi connectivity index (χ4n) is 3.27. The number of halogens is 2. The number of rotatable bonds is 7. The highest BCUT2D eigenvalue weighted by atomic mass is 19.1. The number of ether oxygens (including phenoxy) is 1. The Hall–Kier alpha value is -4.00. The van der Waals surface area contributed by atoms with Crippen molar-refractivity contribution in [1.82, 2.24) is 0 Å². The van der Waals surface area contributed by atoms with Gasteiger partial charge in [0.1, 0.15) is 23.0 Å². The van der Waals surface area contributed by atoms with E-state index in [0.717, 1.165) is 0 Å². The van der Waals surface area contributed by atoms with E-state index in [4.69, 9.17) is 9.15 Å². The van der Waals surface area contributed by atoms with Crippen LogP contribution in [-0.2, 0) is 4.79 Å². The Kier molecular flexibility index (Phi) is 5.98. The Morgan fingerprint density at radius 3 is 2.22 bits per heavy atom. The molecule has 0 saturated carbocycles. The zero-order valence-corrected chi connectivity index (χ0v) is 17.1. The number of para-hydroxylation sites is 1. The molecular formula is C25H19F2NO4. The second kappa shape index (κ2) is 9.01. The number of benzene rings is 3. The van der Waals surface area contributed by atoms with E-state index in [1.54, 1.807) is 31.2 Å². The van der Waals surface area contributed by atoms with E-state index >= 15 is 0 Å². The molecule has 32 heavy (non-hydrogen) atoms. The van der Waals surface area contributed by atoms with Gasteiger partial charge in [0.2, 0.25) is 5.78 Å². The molecule has 0 aliphatic rings. The first-order chi connectivity index (χ1) is 15.5. The van der Waals surface area contributed by atoms with Gasteiger partial charge >= 0.3 is 0 Å². The number of ketones is 1. The lowest BCUT2D eigenvalue weighted by Gasteiger charge is -2.17. The van der Waals surface area contributed by atoms with Gasteiger partial charge in [-0.15, -0.1) is 0 Å². The minimum atomic E-state index is -0.886. The molecule has 1 heterocycles. The first-order valence-corrected chi connectivity index (χ1v) is 10.0. The molecule has 162 valence electrons. The highest BCUT2D eigenvalue weighted by Gasteiger charge is 2.26. The molecule has 0 spiro atoms. The van der Waals surface area contributed by atoms with Crippen LogP contribution in [0.3, 0.4) is 0 Å². The number of carbonyl (C=O) groups excluding carboxylic acids is 2. The molecule has 0 unspecified atom stereocenters. The first kappa shape index (κ1) is 21.2. The second-order valence-corrected chi connectivity index (χ2v) is 7.10. The molecular weight excluding hydrogens is 416 g/mol. The van der Waals surface area contributed by atoms with Gasteiger partial charge in [0.25, 0.3) is 5.91 Å². The van der Waals surface area contributed by atoms with E-state index in [1.807, 2.05) is 0 Å². The van der Waals surface area contributed by atoms with Gasteiger partial charge < -0.3 is 14.5 Å². The second-order valence-electron chi connectivity index (χ2n) is 7.10. The summed E-state index contributed by atoms with van der Waals surface area (Å²) in [6.45, 7) is 1.77. The predicted octanol–water partition coefficient (Wildman–Crippen LogP) is 5.74. The van der Waals surface area contributed by atoms with Crippen LogP contribution in [0.15, 0.2) is 77.2 Å². The minimum Gasteiger partial charge on any atom is -0.481 e. The third kappa shape index (κ3) is 4.37. The summed E-state index contributed by atoms with van der Waals surface area (Å²) in [6.07, 6.45) is -0.553. The smallest absolute Gasteiger partial charge is 0.265 e. The number of fused-ring (bicyclic) bond motifs is 1. The van der Waals surface area contributed by atoms with Crippen LogP contribution in [-0.4, -0.2) is 17.8 Å². The average molecular weight is 435 g/mol. The van der Waals surface area contributed by atoms with Gasteiger partial charge in [0.05, 0.1) is 5.69 Å².